The second-order valence-electron chi connectivity index (χ2n) is 6.45. The van der Waals surface area contributed by atoms with Crippen LogP contribution in [0, 0.1) is 0 Å². The molecule has 2 N–H and O–H groups in total. The average Bonchev–Trinajstić information content (AvgIpc) is 2.74. The molecule has 0 saturated carbocycles. The third-order valence-corrected chi connectivity index (χ3v) is 5.69. The maximum absolute atomic E-state index is 12.6. The molecule has 7 nitrogen and oxygen atoms in total. The van der Waals surface area contributed by atoms with Crippen LogP contribution in [-0.2, 0) is 10.0 Å². The van der Waals surface area contributed by atoms with Gasteiger partial charge in [-0.1, -0.05) is 6.07 Å². The van der Waals surface area contributed by atoms with Crippen LogP contribution >= 0.6 is 0 Å². The molecule has 0 aromatic heterocycles. The smallest absolute Gasteiger partial charge is 0.261 e. The first-order valence-corrected chi connectivity index (χ1v) is 10.5. The highest BCUT2D eigenvalue weighted by Crippen LogP contribution is 2.20. The standard InChI is InChI=1S/C22H20N2O5S/c1-15(25)16-6-8-18(9-7-16)23-22(26)17-4-3-5-19(14-17)24-30(27,28)21-12-10-20(29-2)11-13-21/h3-14,24H,1-2H3,(H,23,26). The van der Waals surface area contributed by atoms with E-state index in [-0.39, 0.29) is 21.9 Å². The number of ketones is 1. The van der Waals surface area contributed by atoms with Gasteiger partial charge in [-0.05, 0) is 73.7 Å². The third kappa shape index (κ3) is 5.03. The number of amides is 1. The van der Waals surface area contributed by atoms with Gasteiger partial charge < -0.3 is 10.1 Å². The normalized spacial score (nSPS) is 10.9. The number of carbonyl (C=O) groups is 2. The zero-order valence-corrected chi connectivity index (χ0v) is 17.2. The number of hydrogen-bond acceptors (Lipinski definition) is 5. The van der Waals surface area contributed by atoms with E-state index in [9.17, 15) is 18.0 Å². The lowest BCUT2D eigenvalue weighted by molar-refractivity contribution is 0.101. The molecular weight excluding hydrogens is 404 g/mol. The Balaban J connectivity index is 1.74. The Kier molecular flexibility index (Phi) is 6.17. The van der Waals surface area contributed by atoms with Crippen LogP contribution in [-0.4, -0.2) is 27.2 Å². The average molecular weight is 424 g/mol. The first-order valence-electron chi connectivity index (χ1n) is 8.98. The molecule has 0 unspecified atom stereocenters. The van der Waals surface area contributed by atoms with E-state index >= 15 is 0 Å². The molecular formula is C22H20N2O5S. The number of carbonyl (C=O) groups excluding carboxylic acids is 2. The zero-order chi connectivity index (χ0) is 21.7. The molecule has 0 fully saturated rings. The predicted molar refractivity (Wildman–Crippen MR) is 115 cm³/mol. The summed E-state index contributed by atoms with van der Waals surface area (Å²) in [5.41, 5.74) is 1.60. The highest BCUT2D eigenvalue weighted by molar-refractivity contribution is 7.92. The minimum Gasteiger partial charge on any atom is -0.497 e. The Bertz CT molecular complexity index is 1170. The molecule has 0 aliphatic rings. The molecule has 0 saturated heterocycles. The lowest BCUT2D eigenvalue weighted by atomic mass is 10.1. The number of Topliss-reactive ketones (excluding diaryl/α,β-unsaturated/α-hetero) is 1. The summed E-state index contributed by atoms with van der Waals surface area (Å²) in [6, 6.07) is 18.6. The molecule has 0 heterocycles. The van der Waals surface area contributed by atoms with Gasteiger partial charge >= 0.3 is 0 Å². The Morgan fingerprint density at radius 1 is 0.833 bits per heavy atom. The van der Waals surface area contributed by atoms with Crippen LogP contribution < -0.4 is 14.8 Å². The van der Waals surface area contributed by atoms with Crippen LogP contribution in [0.2, 0.25) is 0 Å². The summed E-state index contributed by atoms with van der Waals surface area (Å²) in [7, 11) is -2.33. The molecule has 0 aliphatic heterocycles. The highest BCUT2D eigenvalue weighted by atomic mass is 32.2. The number of benzene rings is 3. The minimum absolute atomic E-state index is 0.0651. The summed E-state index contributed by atoms with van der Waals surface area (Å²) in [6.45, 7) is 1.46. The van der Waals surface area contributed by atoms with Crippen molar-refractivity contribution in [2.75, 3.05) is 17.1 Å². The number of nitrogens with one attached hydrogen (secondary N) is 2. The van der Waals surface area contributed by atoms with Crippen molar-refractivity contribution in [2.45, 2.75) is 11.8 Å². The molecule has 8 heteroatoms. The van der Waals surface area contributed by atoms with Crippen LogP contribution in [0.1, 0.15) is 27.6 Å². The van der Waals surface area contributed by atoms with Gasteiger partial charge in [0.1, 0.15) is 5.75 Å². The maximum atomic E-state index is 12.6. The molecule has 0 spiro atoms. The fraction of sp³-hybridized carbons (Fsp3) is 0.0909. The molecule has 0 radical (unpaired) electrons. The second-order valence-corrected chi connectivity index (χ2v) is 8.13. The summed E-state index contributed by atoms with van der Waals surface area (Å²) in [5.74, 6) is 0.0738. The van der Waals surface area contributed by atoms with Crippen molar-refractivity contribution in [2.24, 2.45) is 0 Å². The third-order valence-electron chi connectivity index (χ3n) is 4.30. The summed E-state index contributed by atoms with van der Waals surface area (Å²) in [6.07, 6.45) is 0. The van der Waals surface area contributed by atoms with Crippen molar-refractivity contribution in [3.05, 3.63) is 83.9 Å². The van der Waals surface area contributed by atoms with Gasteiger partial charge in [0, 0.05) is 22.5 Å². The number of hydrogen-bond donors (Lipinski definition) is 2. The van der Waals surface area contributed by atoms with Gasteiger partial charge in [-0.25, -0.2) is 8.42 Å². The monoisotopic (exact) mass is 424 g/mol. The van der Waals surface area contributed by atoms with Crippen molar-refractivity contribution in [3.63, 3.8) is 0 Å². The summed E-state index contributed by atoms with van der Waals surface area (Å²) < 4.78 is 32.7. The fourth-order valence-electron chi connectivity index (χ4n) is 2.68. The molecule has 1 amide bonds. The van der Waals surface area contributed by atoms with E-state index in [4.69, 9.17) is 4.74 Å². The van der Waals surface area contributed by atoms with E-state index in [2.05, 4.69) is 10.0 Å². The number of methoxy groups -OCH3 is 1. The quantitative estimate of drug-likeness (QED) is 0.559. The summed E-state index contributed by atoms with van der Waals surface area (Å²) in [4.78, 5) is 23.9. The molecule has 30 heavy (non-hydrogen) atoms. The van der Waals surface area contributed by atoms with Crippen LogP contribution in [0.15, 0.2) is 77.7 Å². The van der Waals surface area contributed by atoms with Crippen LogP contribution in [0.3, 0.4) is 0 Å². The Morgan fingerprint density at radius 3 is 2.10 bits per heavy atom. The summed E-state index contributed by atoms with van der Waals surface area (Å²) in [5, 5.41) is 2.72. The first kappa shape index (κ1) is 21.1. The molecule has 3 aromatic rings. The second kappa shape index (κ2) is 8.79. The SMILES string of the molecule is COc1ccc(S(=O)(=O)Nc2cccc(C(=O)Nc3ccc(C(C)=O)cc3)c2)cc1. The van der Waals surface area contributed by atoms with E-state index in [1.807, 2.05) is 0 Å². The molecule has 3 aromatic carbocycles. The molecule has 154 valence electrons. The highest BCUT2D eigenvalue weighted by Gasteiger charge is 2.15. The number of rotatable bonds is 7. The minimum atomic E-state index is -3.82. The topological polar surface area (TPSA) is 102 Å². The van der Waals surface area contributed by atoms with Gasteiger partial charge in [0.15, 0.2) is 5.78 Å². The Labute approximate surface area is 174 Å². The van der Waals surface area contributed by atoms with Gasteiger partial charge in [-0.3, -0.25) is 14.3 Å². The zero-order valence-electron chi connectivity index (χ0n) is 16.4. The lowest BCUT2D eigenvalue weighted by Gasteiger charge is -2.11. The van der Waals surface area contributed by atoms with Gasteiger partial charge in [-0.15, -0.1) is 0 Å². The Hall–Kier alpha value is -3.65. The van der Waals surface area contributed by atoms with Crippen LogP contribution in [0.4, 0.5) is 11.4 Å². The molecule has 3 rings (SSSR count). The molecule has 0 atom stereocenters. The van der Waals surface area contributed by atoms with Crippen molar-refractivity contribution in [1.29, 1.82) is 0 Å². The van der Waals surface area contributed by atoms with E-state index < -0.39 is 15.9 Å². The Morgan fingerprint density at radius 2 is 1.50 bits per heavy atom. The van der Waals surface area contributed by atoms with Crippen LogP contribution in [0.25, 0.3) is 0 Å². The lowest BCUT2D eigenvalue weighted by Crippen LogP contribution is -2.15. The largest absolute Gasteiger partial charge is 0.497 e. The van der Waals surface area contributed by atoms with Gasteiger partial charge in [0.05, 0.1) is 12.0 Å². The fourth-order valence-corrected chi connectivity index (χ4v) is 3.73. The van der Waals surface area contributed by atoms with Crippen LogP contribution in [0.5, 0.6) is 5.75 Å². The number of sulfonamides is 1. The van der Waals surface area contributed by atoms with Crippen molar-refractivity contribution in [3.8, 4) is 5.75 Å². The number of ether oxygens (including phenoxy) is 1. The summed E-state index contributed by atoms with van der Waals surface area (Å²) >= 11 is 0. The van der Waals surface area contributed by atoms with Gasteiger partial charge in [0.25, 0.3) is 15.9 Å². The van der Waals surface area contributed by atoms with E-state index in [1.54, 1.807) is 54.6 Å². The van der Waals surface area contributed by atoms with Gasteiger partial charge in [0.2, 0.25) is 0 Å². The predicted octanol–water partition coefficient (Wildman–Crippen LogP) is 3.95. The van der Waals surface area contributed by atoms with E-state index in [0.29, 0.717) is 17.0 Å². The maximum Gasteiger partial charge on any atom is 0.261 e. The van der Waals surface area contributed by atoms with Crippen molar-refractivity contribution >= 4 is 33.1 Å². The van der Waals surface area contributed by atoms with Crippen molar-refractivity contribution < 1.29 is 22.7 Å². The van der Waals surface area contributed by atoms with E-state index in [1.165, 1.54) is 32.2 Å². The molecule has 0 aliphatic carbocycles. The first-order chi connectivity index (χ1) is 14.3. The molecule has 0 bridgehead atoms. The number of anilines is 2. The van der Waals surface area contributed by atoms with Gasteiger partial charge in [-0.2, -0.15) is 0 Å². The van der Waals surface area contributed by atoms with Crippen molar-refractivity contribution in [1.82, 2.24) is 0 Å². The van der Waals surface area contributed by atoms with E-state index in [0.717, 1.165) is 0 Å².